The molecule has 0 aliphatic rings. The zero-order valence-electron chi connectivity index (χ0n) is 7.93. The maximum atomic E-state index is 4.15. The topological polar surface area (TPSA) is 12.9 Å². The van der Waals surface area contributed by atoms with Crippen molar-refractivity contribution in [2.75, 3.05) is 0 Å². The van der Waals surface area contributed by atoms with Crippen LogP contribution >= 0.6 is 11.3 Å². The van der Waals surface area contributed by atoms with Crippen molar-refractivity contribution in [3.05, 3.63) is 16.1 Å². The van der Waals surface area contributed by atoms with Crippen molar-refractivity contribution in [2.45, 2.75) is 26.6 Å². The third-order valence-electron chi connectivity index (χ3n) is 1.30. The maximum absolute atomic E-state index is 4.15. The highest BCUT2D eigenvalue weighted by Crippen LogP contribution is 2.10. The highest BCUT2D eigenvalue weighted by atomic mass is 32.1. The van der Waals surface area contributed by atoms with Gasteiger partial charge in [-0.1, -0.05) is 25.6 Å². The average Bonchev–Trinajstić information content (AvgIpc) is 2.29. The van der Waals surface area contributed by atoms with E-state index in [1.807, 2.05) is 12.4 Å². The third-order valence-corrected chi connectivity index (χ3v) is 3.02. The monoisotopic (exact) mass is 195 g/mol. The van der Waals surface area contributed by atoms with Crippen LogP contribution < -0.4 is 0 Å². The molecule has 0 spiro atoms. The molecule has 0 bridgehead atoms. The standard InChI is InChI=1S/C9H13NSSi/c1-8-9(11-7-10-8)5-6-12(2,3)4/h7H,1-4H3. The summed E-state index contributed by atoms with van der Waals surface area (Å²) in [7, 11) is -1.22. The molecule has 1 aromatic heterocycles. The van der Waals surface area contributed by atoms with Crippen LogP contribution in [0.5, 0.6) is 0 Å². The number of nitrogens with zero attached hydrogens (tertiary/aromatic N) is 1. The van der Waals surface area contributed by atoms with E-state index in [4.69, 9.17) is 0 Å². The first-order valence-electron chi connectivity index (χ1n) is 3.92. The Labute approximate surface area is 78.9 Å². The summed E-state index contributed by atoms with van der Waals surface area (Å²) in [5, 5.41) is 0. The van der Waals surface area contributed by atoms with Crippen molar-refractivity contribution in [1.29, 1.82) is 0 Å². The van der Waals surface area contributed by atoms with Gasteiger partial charge in [-0.15, -0.1) is 16.9 Å². The zero-order valence-corrected chi connectivity index (χ0v) is 9.75. The number of aryl methyl sites for hydroxylation is 1. The molecule has 0 aliphatic heterocycles. The molecule has 0 atom stereocenters. The summed E-state index contributed by atoms with van der Waals surface area (Å²) in [5.74, 6) is 3.20. The first-order chi connectivity index (χ1) is 5.49. The quantitative estimate of drug-likeness (QED) is 0.458. The first-order valence-corrected chi connectivity index (χ1v) is 8.30. The van der Waals surface area contributed by atoms with E-state index in [1.54, 1.807) is 11.3 Å². The second-order valence-electron chi connectivity index (χ2n) is 3.77. The summed E-state index contributed by atoms with van der Waals surface area (Å²) in [4.78, 5) is 5.27. The van der Waals surface area contributed by atoms with Gasteiger partial charge < -0.3 is 0 Å². The van der Waals surface area contributed by atoms with E-state index in [1.165, 1.54) is 0 Å². The zero-order chi connectivity index (χ0) is 9.19. The largest absolute Gasteiger partial charge is 0.249 e. The van der Waals surface area contributed by atoms with Crippen LogP contribution in [0.1, 0.15) is 10.6 Å². The lowest BCUT2D eigenvalue weighted by Gasteiger charge is -2.02. The molecule has 0 radical (unpaired) electrons. The predicted octanol–water partition coefficient (Wildman–Crippen LogP) is 2.68. The molecular weight excluding hydrogens is 182 g/mol. The van der Waals surface area contributed by atoms with Crippen molar-refractivity contribution in [3.63, 3.8) is 0 Å². The van der Waals surface area contributed by atoms with Crippen LogP contribution in [0.3, 0.4) is 0 Å². The van der Waals surface area contributed by atoms with E-state index >= 15 is 0 Å². The fourth-order valence-corrected chi connectivity index (χ4v) is 1.91. The lowest BCUT2D eigenvalue weighted by atomic mass is 10.4. The van der Waals surface area contributed by atoms with Gasteiger partial charge in [0.15, 0.2) is 0 Å². The highest BCUT2D eigenvalue weighted by Gasteiger charge is 2.07. The molecular formula is C9H13NSSi. The van der Waals surface area contributed by atoms with Gasteiger partial charge in [0.1, 0.15) is 8.07 Å². The molecule has 1 heterocycles. The van der Waals surface area contributed by atoms with Gasteiger partial charge in [-0.3, -0.25) is 0 Å². The molecule has 1 rings (SSSR count). The Morgan fingerprint density at radius 1 is 1.42 bits per heavy atom. The number of thiazole rings is 1. The summed E-state index contributed by atoms with van der Waals surface area (Å²) >= 11 is 1.63. The Kier molecular flexibility index (Phi) is 2.71. The van der Waals surface area contributed by atoms with E-state index in [-0.39, 0.29) is 0 Å². The summed E-state index contributed by atoms with van der Waals surface area (Å²) < 4.78 is 0. The third kappa shape index (κ3) is 2.80. The molecule has 0 amide bonds. The molecule has 0 N–H and O–H groups in total. The number of rotatable bonds is 0. The summed E-state index contributed by atoms with van der Waals surface area (Å²) in [6, 6.07) is 0. The van der Waals surface area contributed by atoms with E-state index in [9.17, 15) is 0 Å². The molecule has 0 aliphatic carbocycles. The van der Waals surface area contributed by atoms with Crippen LogP contribution in [0.25, 0.3) is 0 Å². The van der Waals surface area contributed by atoms with Crippen LogP contribution in [-0.2, 0) is 0 Å². The van der Waals surface area contributed by atoms with Crippen molar-refractivity contribution >= 4 is 19.4 Å². The number of hydrogen-bond donors (Lipinski definition) is 0. The van der Waals surface area contributed by atoms with Gasteiger partial charge in [-0.2, -0.15) is 0 Å². The fourth-order valence-electron chi connectivity index (χ4n) is 0.666. The molecule has 0 fully saturated rings. The lowest BCUT2D eigenvalue weighted by Crippen LogP contribution is -2.16. The predicted molar refractivity (Wildman–Crippen MR) is 57.1 cm³/mol. The number of aromatic nitrogens is 1. The molecule has 64 valence electrons. The summed E-state index contributed by atoms with van der Waals surface area (Å²) in [6.07, 6.45) is 0. The Hall–Kier alpha value is -0.593. The minimum Gasteiger partial charge on any atom is -0.249 e. The van der Waals surface area contributed by atoms with E-state index in [0.29, 0.717) is 0 Å². The average molecular weight is 195 g/mol. The second kappa shape index (κ2) is 3.42. The number of hydrogen-bond acceptors (Lipinski definition) is 2. The molecule has 0 aromatic carbocycles. The molecule has 12 heavy (non-hydrogen) atoms. The summed E-state index contributed by atoms with van der Waals surface area (Å²) in [6.45, 7) is 8.74. The first kappa shape index (κ1) is 9.49. The van der Waals surface area contributed by atoms with E-state index < -0.39 is 8.07 Å². The SMILES string of the molecule is Cc1ncsc1C#C[Si](C)(C)C. The Morgan fingerprint density at radius 2 is 2.08 bits per heavy atom. The summed E-state index contributed by atoms with van der Waals surface area (Å²) in [5.41, 5.74) is 6.24. The van der Waals surface area contributed by atoms with Crippen LogP contribution in [0.2, 0.25) is 19.6 Å². The maximum Gasteiger partial charge on any atom is 0.129 e. The van der Waals surface area contributed by atoms with Crippen LogP contribution in [0.15, 0.2) is 5.51 Å². The minimum absolute atomic E-state index is 1.06. The highest BCUT2D eigenvalue weighted by molar-refractivity contribution is 7.10. The van der Waals surface area contributed by atoms with Crippen LogP contribution in [-0.4, -0.2) is 13.1 Å². The van der Waals surface area contributed by atoms with Crippen LogP contribution in [0.4, 0.5) is 0 Å². The van der Waals surface area contributed by atoms with Crippen molar-refractivity contribution < 1.29 is 0 Å². The van der Waals surface area contributed by atoms with Crippen LogP contribution in [0, 0.1) is 18.4 Å². The minimum atomic E-state index is -1.22. The Morgan fingerprint density at radius 3 is 2.50 bits per heavy atom. The van der Waals surface area contributed by atoms with Gasteiger partial charge in [0.25, 0.3) is 0 Å². The molecule has 0 saturated heterocycles. The van der Waals surface area contributed by atoms with Crippen molar-refractivity contribution in [2.24, 2.45) is 0 Å². The van der Waals surface area contributed by atoms with Crippen molar-refractivity contribution in [3.8, 4) is 11.5 Å². The smallest absolute Gasteiger partial charge is 0.129 e. The molecule has 1 aromatic rings. The van der Waals surface area contributed by atoms with Gasteiger partial charge in [-0.05, 0) is 6.92 Å². The van der Waals surface area contributed by atoms with E-state index in [0.717, 1.165) is 10.6 Å². The molecule has 1 nitrogen and oxygen atoms in total. The van der Waals surface area contributed by atoms with Gasteiger partial charge in [-0.25, -0.2) is 4.98 Å². The lowest BCUT2D eigenvalue weighted by molar-refractivity contribution is 1.26. The Balaban J connectivity index is 2.87. The van der Waals surface area contributed by atoms with Gasteiger partial charge >= 0.3 is 0 Å². The van der Waals surface area contributed by atoms with E-state index in [2.05, 4.69) is 36.1 Å². The Bertz CT molecular complexity index is 324. The fraction of sp³-hybridized carbons (Fsp3) is 0.444. The van der Waals surface area contributed by atoms with Gasteiger partial charge in [0, 0.05) is 0 Å². The molecule has 0 saturated carbocycles. The normalized spacial score (nSPS) is 10.7. The molecule has 3 heteroatoms. The van der Waals surface area contributed by atoms with Crippen molar-refractivity contribution in [1.82, 2.24) is 4.98 Å². The van der Waals surface area contributed by atoms with Gasteiger partial charge in [0.05, 0.1) is 16.1 Å². The molecule has 0 unspecified atom stereocenters. The second-order valence-corrected chi connectivity index (χ2v) is 9.37. The van der Waals surface area contributed by atoms with Gasteiger partial charge in [0.2, 0.25) is 0 Å².